The van der Waals surface area contributed by atoms with E-state index < -0.39 is 10.1 Å². The summed E-state index contributed by atoms with van der Waals surface area (Å²) in [5.41, 5.74) is 5.11. The highest BCUT2D eigenvalue weighted by Gasteiger charge is 2.08. The van der Waals surface area contributed by atoms with E-state index in [4.69, 9.17) is 9.92 Å². The average Bonchev–Trinajstić information content (AvgIpc) is 2.04. The Balaban J connectivity index is 3.41. The molecule has 0 saturated carbocycles. The third-order valence-electron chi connectivity index (χ3n) is 1.63. The first kappa shape index (κ1) is 12.9. The van der Waals surface area contributed by atoms with E-state index >= 15 is 0 Å². The summed E-state index contributed by atoms with van der Waals surface area (Å²) in [4.78, 5) is 0. The van der Waals surface area contributed by atoms with Gasteiger partial charge in [0.1, 0.15) is 0 Å². The lowest BCUT2D eigenvalue weighted by molar-refractivity contribution is 0.307. The predicted molar refractivity (Wildman–Crippen MR) is 52.9 cm³/mol. The molecule has 0 unspecified atom stereocenters. The Morgan fingerprint density at radius 2 is 1.92 bits per heavy atom. The van der Waals surface area contributed by atoms with E-state index in [-0.39, 0.29) is 12.3 Å². The number of unbranched alkanes of at least 4 members (excludes halogenated alkanes) is 3. The molecule has 0 atom stereocenters. The highest BCUT2D eigenvalue weighted by Crippen LogP contribution is 2.01. The van der Waals surface area contributed by atoms with Crippen molar-refractivity contribution in [3.8, 4) is 0 Å². The molecule has 0 saturated heterocycles. The summed E-state index contributed by atoms with van der Waals surface area (Å²) in [5, 5.41) is 0. The Kier molecular flexibility index (Phi) is 7.22. The minimum Gasteiger partial charge on any atom is -0.329 e. The third-order valence-corrected chi connectivity index (χ3v) is 2.89. The van der Waals surface area contributed by atoms with Gasteiger partial charge in [-0.2, -0.15) is 8.42 Å². The van der Waals surface area contributed by atoms with Gasteiger partial charge in [-0.1, -0.05) is 26.2 Å². The summed E-state index contributed by atoms with van der Waals surface area (Å²) in [6.07, 6.45) is 4.09. The lowest BCUT2D eigenvalue weighted by Gasteiger charge is -2.03. The van der Waals surface area contributed by atoms with Gasteiger partial charge in [-0.3, -0.25) is 4.18 Å². The Bertz CT molecular complexity index is 201. The van der Waals surface area contributed by atoms with Crippen LogP contribution in [0, 0.1) is 0 Å². The fourth-order valence-corrected chi connectivity index (χ4v) is 1.70. The zero-order valence-corrected chi connectivity index (χ0v) is 8.98. The number of rotatable bonds is 8. The zero-order valence-electron chi connectivity index (χ0n) is 8.16. The average molecular weight is 209 g/mol. The van der Waals surface area contributed by atoms with Gasteiger partial charge >= 0.3 is 0 Å². The van der Waals surface area contributed by atoms with Gasteiger partial charge in [0.05, 0.1) is 12.4 Å². The van der Waals surface area contributed by atoms with Gasteiger partial charge in [0.15, 0.2) is 0 Å². The van der Waals surface area contributed by atoms with Crippen molar-refractivity contribution >= 4 is 10.1 Å². The van der Waals surface area contributed by atoms with Crippen LogP contribution in [0.5, 0.6) is 0 Å². The van der Waals surface area contributed by atoms with Crippen LogP contribution in [0.2, 0.25) is 0 Å². The number of nitrogens with two attached hydrogens (primary N) is 1. The van der Waals surface area contributed by atoms with E-state index in [0.29, 0.717) is 6.61 Å². The van der Waals surface area contributed by atoms with E-state index in [9.17, 15) is 8.42 Å². The van der Waals surface area contributed by atoms with Gasteiger partial charge in [-0.05, 0) is 6.42 Å². The normalized spacial score (nSPS) is 11.8. The topological polar surface area (TPSA) is 69.4 Å². The summed E-state index contributed by atoms with van der Waals surface area (Å²) in [6, 6.07) is 0. The van der Waals surface area contributed by atoms with Gasteiger partial charge in [0, 0.05) is 6.54 Å². The standard InChI is InChI=1S/C8H19NO3S/c1-2-3-4-5-7-12-13(10,11)8-6-9/h2-9H2,1H3. The molecule has 0 aromatic rings. The Morgan fingerprint density at radius 3 is 2.46 bits per heavy atom. The number of hydrogen-bond acceptors (Lipinski definition) is 4. The molecule has 0 aliphatic carbocycles. The molecule has 0 rings (SSSR count). The molecule has 80 valence electrons. The molecule has 0 amide bonds. The third kappa shape index (κ3) is 8.21. The SMILES string of the molecule is CCCCCCOS(=O)(=O)CCN. The predicted octanol–water partition coefficient (Wildman–Crippen LogP) is 0.872. The van der Waals surface area contributed by atoms with Crippen molar-refractivity contribution in [1.82, 2.24) is 0 Å². The summed E-state index contributed by atoms with van der Waals surface area (Å²) >= 11 is 0. The van der Waals surface area contributed by atoms with Crippen molar-refractivity contribution < 1.29 is 12.6 Å². The van der Waals surface area contributed by atoms with Crippen molar-refractivity contribution in [3.05, 3.63) is 0 Å². The summed E-state index contributed by atoms with van der Waals surface area (Å²) in [7, 11) is -3.34. The molecular weight excluding hydrogens is 190 g/mol. The van der Waals surface area contributed by atoms with E-state index in [2.05, 4.69) is 6.92 Å². The Hall–Kier alpha value is -0.130. The molecule has 2 N–H and O–H groups in total. The fraction of sp³-hybridized carbons (Fsp3) is 1.00. The molecule has 0 aromatic carbocycles. The molecule has 0 spiro atoms. The molecule has 13 heavy (non-hydrogen) atoms. The van der Waals surface area contributed by atoms with Gasteiger partial charge < -0.3 is 5.73 Å². The van der Waals surface area contributed by atoms with Crippen LogP contribution in [0.1, 0.15) is 32.6 Å². The minimum absolute atomic E-state index is 0.0826. The molecule has 5 heteroatoms. The number of hydrogen-bond donors (Lipinski definition) is 1. The second kappa shape index (κ2) is 7.29. The molecule has 0 aliphatic heterocycles. The molecule has 0 aromatic heterocycles. The van der Waals surface area contributed by atoms with Crippen LogP contribution in [0.15, 0.2) is 0 Å². The van der Waals surface area contributed by atoms with Crippen LogP contribution in [-0.2, 0) is 14.3 Å². The van der Waals surface area contributed by atoms with Crippen molar-refractivity contribution in [2.24, 2.45) is 5.73 Å². The lowest BCUT2D eigenvalue weighted by Crippen LogP contribution is -2.18. The quantitative estimate of drug-likeness (QED) is 0.476. The highest BCUT2D eigenvalue weighted by molar-refractivity contribution is 7.86. The van der Waals surface area contributed by atoms with Crippen LogP contribution in [0.4, 0.5) is 0 Å². The van der Waals surface area contributed by atoms with Crippen molar-refractivity contribution in [2.75, 3.05) is 18.9 Å². The molecule has 0 bridgehead atoms. The maximum atomic E-state index is 11.0. The van der Waals surface area contributed by atoms with Crippen molar-refractivity contribution in [1.29, 1.82) is 0 Å². The van der Waals surface area contributed by atoms with Gasteiger partial charge in [-0.25, -0.2) is 0 Å². The van der Waals surface area contributed by atoms with E-state index in [1.54, 1.807) is 0 Å². The minimum atomic E-state index is -3.34. The van der Waals surface area contributed by atoms with Crippen LogP contribution in [-0.4, -0.2) is 27.3 Å². The van der Waals surface area contributed by atoms with Crippen LogP contribution < -0.4 is 5.73 Å². The van der Waals surface area contributed by atoms with Gasteiger partial charge in [0.2, 0.25) is 0 Å². The molecule has 0 heterocycles. The van der Waals surface area contributed by atoms with Crippen LogP contribution >= 0.6 is 0 Å². The maximum absolute atomic E-state index is 11.0. The van der Waals surface area contributed by atoms with Crippen LogP contribution in [0.25, 0.3) is 0 Å². The molecule has 4 nitrogen and oxygen atoms in total. The molecule has 0 radical (unpaired) electrons. The van der Waals surface area contributed by atoms with E-state index in [1.165, 1.54) is 0 Å². The zero-order chi connectivity index (χ0) is 10.2. The van der Waals surface area contributed by atoms with Crippen LogP contribution in [0.3, 0.4) is 0 Å². The highest BCUT2D eigenvalue weighted by atomic mass is 32.2. The first-order valence-electron chi connectivity index (χ1n) is 4.69. The van der Waals surface area contributed by atoms with Gasteiger partial charge in [-0.15, -0.1) is 0 Å². The van der Waals surface area contributed by atoms with Crippen molar-refractivity contribution in [2.45, 2.75) is 32.6 Å². The largest absolute Gasteiger partial charge is 0.329 e. The second-order valence-electron chi connectivity index (χ2n) is 2.93. The summed E-state index contributed by atoms with van der Waals surface area (Å²) < 4.78 is 26.6. The second-order valence-corrected chi connectivity index (χ2v) is 4.69. The van der Waals surface area contributed by atoms with E-state index in [1.807, 2.05) is 0 Å². The monoisotopic (exact) mass is 209 g/mol. The fourth-order valence-electron chi connectivity index (χ4n) is 0.918. The van der Waals surface area contributed by atoms with Crippen molar-refractivity contribution in [3.63, 3.8) is 0 Å². The maximum Gasteiger partial charge on any atom is 0.268 e. The Labute approximate surface area is 80.6 Å². The summed E-state index contributed by atoms with van der Waals surface area (Å²) in [5.74, 6) is -0.0826. The molecule has 0 aliphatic rings. The smallest absolute Gasteiger partial charge is 0.268 e. The van der Waals surface area contributed by atoms with Gasteiger partial charge in [0.25, 0.3) is 10.1 Å². The first-order chi connectivity index (χ1) is 6.12. The first-order valence-corrected chi connectivity index (χ1v) is 6.27. The molecular formula is C8H19NO3S. The Morgan fingerprint density at radius 1 is 1.23 bits per heavy atom. The van der Waals surface area contributed by atoms with E-state index in [0.717, 1.165) is 25.7 Å². The molecule has 0 fully saturated rings. The lowest BCUT2D eigenvalue weighted by atomic mass is 10.2. The summed E-state index contributed by atoms with van der Waals surface area (Å²) in [6.45, 7) is 2.52.